The van der Waals surface area contributed by atoms with Gasteiger partial charge in [-0.3, -0.25) is 0 Å². The molecule has 0 radical (unpaired) electrons. The molecule has 0 aromatic heterocycles. The number of nitrogens with two attached hydrogens (primary N) is 1. The van der Waals surface area contributed by atoms with Crippen LogP contribution in [0.5, 0.6) is 0 Å². The first-order valence-electron chi connectivity index (χ1n) is 7.45. The van der Waals surface area contributed by atoms with Crippen molar-refractivity contribution in [2.24, 2.45) is 11.7 Å². The Morgan fingerprint density at radius 2 is 1.76 bits per heavy atom. The number of rotatable bonds is 7. The van der Waals surface area contributed by atoms with Crippen LogP contribution in [0.2, 0.25) is 0 Å². The molecule has 0 aliphatic heterocycles. The molecule has 0 amide bonds. The number of hydrogen-bond donors (Lipinski definition) is 1. The molecular weight excluding hydrogens is 208 g/mol. The Bertz CT molecular complexity index is 190. The van der Waals surface area contributed by atoms with Crippen LogP contribution in [0.15, 0.2) is 0 Å². The Labute approximate surface area is 108 Å². The van der Waals surface area contributed by atoms with Crippen molar-refractivity contribution in [2.45, 2.75) is 70.8 Å². The summed E-state index contributed by atoms with van der Waals surface area (Å²) in [5.41, 5.74) is 6.00. The first-order chi connectivity index (χ1) is 7.97. The average molecular weight is 240 g/mol. The molecule has 2 heteroatoms. The minimum Gasteiger partial charge on any atom is -0.326 e. The maximum Gasteiger partial charge on any atom is 0.00975 e. The van der Waals surface area contributed by atoms with Gasteiger partial charge in [0.15, 0.2) is 0 Å². The van der Waals surface area contributed by atoms with Crippen molar-refractivity contribution in [1.29, 1.82) is 0 Å². The average Bonchev–Trinajstić information content (AvgIpc) is 2.26. The molecule has 102 valence electrons. The SMILES string of the molecule is CN(CCCC(C)(C)N)CCC1CCCCC1. The Balaban J connectivity index is 2.02. The lowest BCUT2D eigenvalue weighted by molar-refractivity contribution is 0.256. The van der Waals surface area contributed by atoms with Gasteiger partial charge in [-0.25, -0.2) is 0 Å². The normalized spacial score (nSPS) is 18.9. The predicted octanol–water partition coefficient (Wildman–Crippen LogP) is 3.41. The lowest BCUT2D eigenvalue weighted by Crippen LogP contribution is -2.33. The monoisotopic (exact) mass is 240 g/mol. The van der Waals surface area contributed by atoms with E-state index in [4.69, 9.17) is 5.73 Å². The van der Waals surface area contributed by atoms with Crippen molar-refractivity contribution >= 4 is 0 Å². The van der Waals surface area contributed by atoms with Crippen molar-refractivity contribution < 1.29 is 0 Å². The Morgan fingerprint density at radius 3 is 2.35 bits per heavy atom. The van der Waals surface area contributed by atoms with E-state index in [0.29, 0.717) is 0 Å². The minimum absolute atomic E-state index is 0.00418. The quantitative estimate of drug-likeness (QED) is 0.739. The van der Waals surface area contributed by atoms with Crippen LogP contribution in [0.1, 0.15) is 65.2 Å². The van der Waals surface area contributed by atoms with E-state index in [1.807, 2.05) is 0 Å². The summed E-state index contributed by atoms with van der Waals surface area (Å²) in [7, 11) is 2.26. The fourth-order valence-electron chi connectivity index (χ4n) is 2.80. The van der Waals surface area contributed by atoms with Crippen molar-refractivity contribution in [3.8, 4) is 0 Å². The van der Waals surface area contributed by atoms with Gasteiger partial charge < -0.3 is 10.6 Å². The van der Waals surface area contributed by atoms with Crippen LogP contribution >= 0.6 is 0 Å². The zero-order valence-corrected chi connectivity index (χ0v) is 12.2. The fourth-order valence-corrected chi connectivity index (χ4v) is 2.80. The van der Waals surface area contributed by atoms with Crippen LogP contribution in [0.25, 0.3) is 0 Å². The summed E-state index contributed by atoms with van der Waals surface area (Å²) in [6.07, 6.45) is 11.1. The molecule has 1 saturated carbocycles. The van der Waals surface area contributed by atoms with Crippen LogP contribution in [-0.2, 0) is 0 Å². The second-order valence-electron chi connectivity index (χ2n) is 6.69. The van der Waals surface area contributed by atoms with E-state index in [2.05, 4.69) is 25.8 Å². The first kappa shape index (κ1) is 15.0. The second-order valence-corrected chi connectivity index (χ2v) is 6.69. The standard InChI is InChI=1S/C15H32N2/c1-15(2,16)11-7-12-17(3)13-10-14-8-5-4-6-9-14/h14H,4-13,16H2,1-3H3. The maximum absolute atomic E-state index is 5.99. The highest BCUT2D eigenvalue weighted by Crippen LogP contribution is 2.26. The smallest absolute Gasteiger partial charge is 0.00975 e. The Morgan fingerprint density at radius 1 is 1.12 bits per heavy atom. The molecule has 17 heavy (non-hydrogen) atoms. The molecule has 0 saturated heterocycles. The van der Waals surface area contributed by atoms with Gasteiger partial charge in [-0.2, -0.15) is 0 Å². The van der Waals surface area contributed by atoms with Gasteiger partial charge in [0.2, 0.25) is 0 Å². The fraction of sp³-hybridized carbons (Fsp3) is 1.00. The van der Waals surface area contributed by atoms with Crippen LogP contribution in [0.3, 0.4) is 0 Å². The molecule has 0 aromatic carbocycles. The molecule has 1 rings (SSSR count). The van der Waals surface area contributed by atoms with Crippen molar-refractivity contribution in [1.82, 2.24) is 4.90 Å². The predicted molar refractivity (Wildman–Crippen MR) is 76.2 cm³/mol. The van der Waals surface area contributed by atoms with E-state index in [-0.39, 0.29) is 5.54 Å². The van der Waals surface area contributed by atoms with Crippen molar-refractivity contribution in [3.63, 3.8) is 0 Å². The summed E-state index contributed by atoms with van der Waals surface area (Å²) in [6.45, 7) is 6.72. The van der Waals surface area contributed by atoms with E-state index in [1.165, 1.54) is 58.0 Å². The minimum atomic E-state index is 0.00418. The molecule has 1 fully saturated rings. The molecule has 1 aliphatic carbocycles. The number of nitrogens with zero attached hydrogens (tertiary/aromatic N) is 1. The molecule has 0 aromatic rings. The maximum atomic E-state index is 5.99. The van der Waals surface area contributed by atoms with E-state index < -0.39 is 0 Å². The van der Waals surface area contributed by atoms with Crippen molar-refractivity contribution in [2.75, 3.05) is 20.1 Å². The van der Waals surface area contributed by atoms with Gasteiger partial charge in [-0.05, 0) is 59.2 Å². The summed E-state index contributed by atoms with van der Waals surface area (Å²) < 4.78 is 0. The van der Waals surface area contributed by atoms with Crippen LogP contribution in [0, 0.1) is 5.92 Å². The lowest BCUT2D eigenvalue weighted by atomic mass is 9.87. The molecule has 0 bridgehead atoms. The van der Waals surface area contributed by atoms with Gasteiger partial charge in [0.1, 0.15) is 0 Å². The zero-order valence-electron chi connectivity index (χ0n) is 12.2. The lowest BCUT2D eigenvalue weighted by Gasteiger charge is -2.25. The third-order valence-electron chi connectivity index (χ3n) is 4.00. The Kier molecular flexibility index (Phi) is 6.50. The van der Waals surface area contributed by atoms with Crippen LogP contribution in [0.4, 0.5) is 0 Å². The van der Waals surface area contributed by atoms with Crippen LogP contribution in [-0.4, -0.2) is 30.6 Å². The summed E-state index contributed by atoms with van der Waals surface area (Å²) in [5, 5.41) is 0. The van der Waals surface area contributed by atoms with Gasteiger partial charge in [0, 0.05) is 5.54 Å². The molecule has 2 nitrogen and oxygen atoms in total. The molecule has 0 unspecified atom stereocenters. The third-order valence-corrected chi connectivity index (χ3v) is 4.00. The van der Waals surface area contributed by atoms with Gasteiger partial charge in [0.25, 0.3) is 0 Å². The van der Waals surface area contributed by atoms with Gasteiger partial charge in [0.05, 0.1) is 0 Å². The van der Waals surface area contributed by atoms with Gasteiger partial charge in [-0.15, -0.1) is 0 Å². The summed E-state index contributed by atoms with van der Waals surface area (Å²) in [5.74, 6) is 1.01. The molecule has 0 spiro atoms. The summed E-state index contributed by atoms with van der Waals surface area (Å²) in [6, 6.07) is 0. The van der Waals surface area contributed by atoms with E-state index in [1.54, 1.807) is 0 Å². The summed E-state index contributed by atoms with van der Waals surface area (Å²) >= 11 is 0. The molecule has 2 N–H and O–H groups in total. The third kappa shape index (κ3) is 7.77. The molecule has 0 atom stereocenters. The van der Waals surface area contributed by atoms with Gasteiger partial charge in [-0.1, -0.05) is 32.1 Å². The number of hydrogen-bond acceptors (Lipinski definition) is 2. The van der Waals surface area contributed by atoms with Gasteiger partial charge >= 0.3 is 0 Å². The van der Waals surface area contributed by atoms with E-state index in [9.17, 15) is 0 Å². The Hall–Kier alpha value is -0.0800. The largest absolute Gasteiger partial charge is 0.326 e. The highest BCUT2D eigenvalue weighted by molar-refractivity contribution is 4.72. The van der Waals surface area contributed by atoms with Crippen molar-refractivity contribution in [3.05, 3.63) is 0 Å². The van der Waals surface area contributed by atoms with E-state index in [0.717, 1.165) is 12.3 Å². The topological polar surface area (TPSA) is 29.3 Å². The highest BCUT2D eigenvalue weighted by atomic mass is 15.1. The summed E-state index contributed by atoms with van der Waals surface area (Å²) in [4.78, 5) is 2.49. The molecule has 0 heterocycles. The molecule has 1 aliphatic rings. The molecular formula is C15H32N2. The van der Waals surface area contributed by atoms with E-state index >= 15 is 0 Å². The first-order valence-corrected chi connectivity index (χ1v) is 7.45. The van der Waals surface area contributed by atoms with Crippen LogP contribution < -0.4 is 5.73 Å². The second kappa shape index (κ2) is 7.38. The highest BCUT2D eigenvalue weighted by Gasteiger charge is 2.14. The zero-order chi connectivity index (χ0) is 12.7.